The second-order valence-corrected chi connectivity index (χ2v) is 7.71. The Hall–Kier alpha value is -2.71. The van der Waals surface area contributed by atoms with Crippen molar-refractivity contribution in [1.82, 2.24) is 10.0 Å². The third-order valence-electron chi connectivity index (χ3n) is 3.69. The van der Waals surface area contributed by atoms with Gasteiger partial charge in [0.15, 0.2) is 11.6 Å². The molecule has 0 aliphatic heterocycles. The lowest BCUT2D eigenvalue weighted by Crippen LogP contribution is -2.36. The normalized spacial score (nSPS) is 11.5. The van der Waals surface area contributed by atoms with Gasteiger partial charge in [-0.1, -0.05) is 42.0 Å². The third-order valence-corrected chi connectivity index (χ3v) is 4.73. The molecule has 0 aliphatic rings. The fourth-order valence-corrected chi connectivity index (χ4v) is 2.93. The maximum atomic E-state index is 13.4. The molecule has 0 saturated carbocycles. The van der Waals surface area contributed by atoms with Crippen LogP contribution in [0.3, 0.4) is 0 Å². The van der Waals surface area contributed by atoms with Crippen LogP contribution in [0.5, 0.6) is 5.75 Å². The number of carbonyl (C=O) groups excluding carboxylic acids is 1. The SMILES string of the molecule is Cc1ccc(C=CS(=O)(=O)NCC(=O)NCCCOc2ccccc2F)cc1. The van der Waals surface area contributed by atoms with E-state index in [9.17, 15) is 17.6 Å². The predicted molar refractivity (Wildman–Crippen MR) is 107 cm³/mol. The first-order chi connectivity index (χ1) is 13.4. The van der Waals surface area contributed by atoms with Crippen LogP contribution in [0.15, 0.2) is 53.9 Å². The second-order valence-electron chi connectivity index (χ2n) is 6.06. The van der Waals surface area contributed by atoms with E-state index in [1.54, 1.807) is 24.3 Å². The fourth-order valence-electron chi connectivity index (χ4n) is 2.17. The van der Waals surface area contributed by atoms with E-state index in [4.69, 9.17) is 4.74 Å². The van der Waals surface area contributed by atoms with Crippen LogP contribution in [0.25, 0.3) is 6.08 Å². The molecule has 0 fully saturated rings. The van der Waals surface area contributed by atoms with E-state index in [1.165, 1.54) is 18.2 Å². The summed E-state index contributed by atoms with van der Waals surface area (Å²) in [5.74, 6) is -0.750. The summed E-state index contributed by atoms with van der Waals surface area (Å²) in [7, 11) is -3.72. The molecule has 6 nitrogen and oxygen atoms in total. The average Bonchev–Trinajstić information content (AvgIpc) is 2.67. The van der Waals surface area contributed by atoms with Crippen LogP contribution in [-0.2, 0) is 14.8 Å². The minimum atomic E-state index is -3.72. The van der Waals surface area contributed by atoms with Crippen LogP contribution in [0, 0.1) is 12.7 Å². The zero-order valence-corrected chi connectivity index (χ0v) is 16.3. The van der Waals surface area contributed by atoms with Gasteiger partial charge in [0.1, 0.15) is 0 Å². The van der Waals surface area contributed by atoms with Gasteiger partial charge >= 0.3 is 0 Å². The monoisotopic (exact) mass is 406 g/mol. The van der Waals surface area contributed by atoms with Gasteiger partial charge < -0.3 is 10.1 Å². The molecule has 1 amide bonds. The van der Waals surface area contributed by atoms with Crippen LogP contribution in [-0.4, -0.2) is 34.0 Å². The first kappa shape index (κ1) is 21.6. The van der Waals surface area contributed by atoms with E-state index in [2.05, 4.69) is 10.0 Å². The Morgan fingerprint density at radius 2 is 1.86 bits per heavy atom. The molecule has 2 N–H and O–H groups in total. The molecular weight excluding hydrogens is 383 g/mol. The number of hydrogen-bond donors (Lipinski definition) is 2. The smallest absolute Gasteiger partial charge is 0.235 e. The summed E-state index contributed by atoms with van der Waals surface area (Å²) in [6.45, 7) is 2.09. The van der Waals surface area contributed by atoms with Gasteiger partial charge in [0.05, 0.1) is 13.2 Å². The second kappa shape index (κ2) is 10.6. The van der Waals surface area contributed by atoms with Gasteiger partial charge in [0.2, 0.25) is 15.9 Å². The highest BCUT2D eigenvalue weighted by Crippen LogP contribution is 2.15. The van der Waals surface area contributed by atoms with Gasteiger partial charge in [-0.15, -0.1) is 0 Å². The van der Waals surface area contributed by atoms with E-state index in [0.29, 0.717) is 6.42 Å². The average molecular weight is 406 g/mol. The minimum Gasteiger partial charge on any atom is -0.490 e. The molecule has 0 atom stereocenters. The molecule has 0 spiro atoms. The largest absolute Gasteiger partial charge is 0.490 e. The maximum Gasteiger partial charge on any atom is 0.235 e. The number of amides is 1. The Morgan fingerprint density at radius 3 is 2.57 bits per heavy atom. The van der Waals surface area contributed by atoms with Crippen LogP contribution in [0.2, 0.25) is 0 Å². The number of benzene rings is 2. The first-order valence-corrected chi connectivity index (χ1v) is 10.3. The molecule has 0 bridgehead atoms. The molecule has 0 unspecified atom stereocenters. The highest BCUT2D eigenvalue weighted by Gasteiger charge is 2.08. The summed E-state index contributed by atoms with van der Waals surface area (Å²) in [5.41, 5.74) is 1.82. The van der Waals surface area contributed by atoms with Crippen LogP contribution >= 0.6 is 0 Å². The number of para-hydroxylation sites is 1. The standard InChI is InChI=1S/C20H23FN2O4S/c1-16-7-9-17(10-8-16)11-14-28(25,26)23-15-20(24)22-12-4-13-27-19-6-3-2-5-18(19)21/h2-3,5-11,14,23H,4,12-13,15H2,1H3,(H,22,24). The summed E-state index contributed by atoms with van der Waals surface area (Å²) < 4.78 is 44.7. The Balaban J connectivity index is 1.65. The lowest BCUT2D eigenvalue weighted by Gasteiger charge is -2.08. The molecule has 2 rings (SSSR count). The topological polar surface area (TPSA) is 84.5 Å². The lowest BCUT2D eigenvalue weighted by atomic mass is 10.2. The van der Waals surface area contributed by atoms with Crippen molar-refractivity contribution in [3.63, 3.8) is 0 Å². The predicted octanol–water partition coefficient (Wildman–Crippen LogP) is 2.61. The van der Waals surface area contributed by atoms with Gasteiger partial charge in [-0.3, -0.25) is 4.79 Å². The summed E-state index contributed by atoms with van der Waals surface area (Å²) in [4.78, 5) is 11.7. The molecule has 28 heavy (non-hydrogen) atoms. The van der Waals surface area contributed by atoms with E-state index in [1.807, 2.05) is 19.1 Å². The molecule has 0 aliphatic carbocycles. The maximum absolute atomic E-state index is 13.4. The van der Waals surface area contributed by atoms with Crippen molar-refractivity contribution in [3.8, 4) is 5.75 Å². The summed E-state index contributed by atoms with van der Waals surface area (Å²) in [5, 5.41) is 3.59. The van der Waals surface area contributed by atoms with E-state index in [0.717, 1.165) is 16.5 Å². The van der Waals surface area contributed by atoms with Crippen molar-refractivity contribution < 1.29 is 22.3 Å². The number of aryl methyl sites for hydroxylation is 1. The molecule has 0 radical (unpaired) electrons. The number of hydrogen-bond acceptors (Lipinski definition) is 4. The van der Waals surface area contributed by atoms with E-state index in [-0.39, 0.29) is 25.4 Å². The summed E-state index contributed by atoms with van der Waals surface area (Å²) in [6, 6.07) is 13.4. The van der Waals surface area contributed by atoms with Crippen LogP contribution in [0.4, 0.5) is 4.39 Å². The quantitative estimate of drug-likeness (QED) is 0.594. The number of halogens is 1. The number of rotatable bonds is 10. The molecule has 8 heteroatoms. The van der Waals surface area contributed by atoms with Gasteiger partial charge in [-0.2, -0.15) is 0 Å². The number of ether oxygens (including phenoxy) is 1. The Labute approximate surface area is 164 Å². The summed E-state index contributed by atoms with van der Waals surface area (Å²) >= 11 is 0. The Morgan fingerprint density at radius 1 is 1.14 bits per heavy atom. The molecule has 0 saturated heterocycles. The minimum absolute atomic E-state index is 0.155. The molecule has 0 heterocycles. The van der Waals surface area contributed by atoms with Crippen molar-refractivity contribution in [2.75, 3.05) is 19.7 Å². The van der Waals surface area contributed by atoms with Crippen molar-refractivity contribution >= 4 is 22.0 Å². The molecule has 0 aromatic heterocycles. The highest BCUT2D eigenvalue weighted by molar-refractivity contribution is 7.92. The van der Waals surface area contributed by atoms with Gasteiger partial charge in [0.25, 0.3) is 0 Å². The van der Waals surface area contributed by atoms with E-state index >= 15 is 0 Å². The summed E-state index contributed by atoms with van der Waals surface area (Å²) in [6.07, 6.45) is 1.92. The fraction of sp³-hybridized carbons (Fsp3) is 0.250. The Kier molecular flexibility index (Phi) is 8.16. The van der Waals surface area contributed by atoms with Crippen molar-refractivity contribution in [1.29, 1.82) is 0 Å². The molecule has 2 aromatic carbocycles. The number of carbonyl (C=O) groups is 1. The number of nitrogens with one attached hydrogen (secondary N) is 2. The van der Waals surface area contributed by atoms with Gasteiger partial charge in [0, 0.05) is 12.0 Å². The molecular formula is C20H23FN2O4S. The molecule has 2 aromatic rings. The van der Waals surface area contributed by atoms with Gasteiger partial charge in [-0.05, 0) is 37.1 Å². The van der Waals surface area contributed by atoms with Gasteiger partial charge in [-0.25, -0.2) is 17.5 Å². The van der Waals surface area contributed by atoms with Crippen molar-refractivity contribution in [3.05, 3.63) is 70.9 Å². The third kappa shape index (κ3) is 7.89. The van der Waals surface area contributed by atoms with Crippen molar-refractivity contribution in [2.24, 2.45) is 0 Å². The number of sulfonamides is 1. The lowest BCUT2D eigenvalue weighted by molar-refractivity contribution is -0.119. The zero-order valence-electron chi connectivity index (χ0n) is 15.5. The first-order valence-electron chi connectivity index (χ1n) is 8.74. The van der Waals surface area contributed by atoms with Crippen LogP contribution in [0.1, 0.15) is 17.5 Å². The Bertz CT molecular complexity index is 912. The molecule has 150 valence electrons. The van der Waals surface area contributed by atoms with Crippen LogP contribution < -0.4 is 14.8 Å². The van der Waals surface area contributed by atoms with E-state index < -0.39 is 21.7 Å². The van der Waals surface area contributed by atoms with Crippen molar-refractivity contribution in [2.45, 2.75) is 13.3 Å². The highest BCUT2D eigenvalue weighted by atomic mass is 32.2. The zero-order chi connectivity index (χ0) is 20.4.